The third-order valence-electron chi connectivity index (χ3n) is 3.00. The predicted octanol–water partition coefficient (Wildman–Crippen LogP) is 5.09. The second kappa shape index (κ2) is 6.71. The predicted molar refractivity (Wildman–Crippen MR) is 64.1 cm³/mol. The van der Waals surface area contributed by atoms with Crippen LogP contribution in [0.5, 0.6) is 0 Å². The fourth-order valence-corrected chi connectivity index (χ4v) is 1.68. The number of alkyl halides is 7. The van der Waals surface area contributed by atoms with Crippen LogP contribution in [0.4, 0.5) is 54.0 Å². The smallest absolute Gasteiger partial charge is 0.439 e. The van der Waals surface area contributed by atoms with E-state index in [2.05, 4.69) is 4.85 Å². The molecule has 3 nitrogen and oxygen atoms in total. The van der Waals surface area contributed by atoms with Gasteiger partial charge in [-0.2, -0.15) is 26.3 Å². The first-order valence-corrected chi connectivity index (χ1v) is 6.03. The highest BCUT2D eigenvalue weighted by molar-refractivity contribution is 6.02. The third-order valence-corrected chi connectivity index (χ3v) is 3.00. The highest BCUT2D eigenvalue weighted by Crippen LogP contribution is 2.47. The van der Waals surface area contributed by atoms with Crippen LogP contribution in [0, 0.1) is 29.8 Å². The summed E-state index contributed by atoms with van der Waals surface area (Å²) in [6.45, 7) is 6.31. The number of hydrogen-bond donors (Lipinski definition) is 1. The van der Waals surface area contributed by atoms with Crippen molar-refractivity contribution in [2.75, 3.05) is 0 Å². The van der Waals surface area contributed by atoms with Gasteiger partial charge in [-0.3, -0.25) is 4.79 Å². The Labute approximate surface area is 141 Å². The zero-order valence-corrected chi connectivity index (χ0v) is 12.0. The number of halogens is 11. The Morgan fingerprint density at radius 3 is 1.52 bits per heavy atom. The van der Waals surface area contributed by atoms with Crippen molar-refractivity contribution >= 4 is 17.2 Å². The van der Waals surface area contributed by atoms with Gasteiger partial charge >= 0.3 is 18.0 Å². The first kappa shape index (κ1) is 22.2. The number of aliphatic hydroxyl groups is 1. The van der Waals surface area contributed by atoms with Gasteiger partial charge in [-0.1, -0.05) is 0 Å². The van der Waals surface area contributed by atoms with Crippen molar-refractivity contribution < 1.29 is 58.2 Å². The summed E-state index contributed by atoms with van der Waals surface area (Å²) in [6.07, 6.45) is -15.0. The summed E-state index contributed by atoms with van der Waals surface area (Å²) in [7, 11) is 0. The topological polar surface area (TPSA) is 41.7 Å². The first-order chi connectivity index (χ1) is 12.0. The minimum Gasteiger partial charge on any atom is -0.507 e. The van der Waals surface area contributed by atoms with Gasteiger partial charge < -0.3 is 5.11 Å². The molecule has 27 heavy (non-hydrogen) atoms. The van der Waals surface area contributed by atoms with Crippen molar-refractivity contribution in [2.24, 2.45) is 0 Å². The molecule has 1 N–H and O–H groups in total. The van der Waals surface area contributed by atoms with E-state index < -0.39 is 70.2 Å². The van der Waals surface area contributed by atoms with Gasteiger partial charge in [-0.05, 0) is 0 Å². The lowest BCUT2D eigenvalue weighted by molar-refractivity contribution is -0.323. The second-order valence-electron chi connectivity index (χ2n) is 4.64. The number of hydrogen-bond acceptors (Lipinski definition) is 2. The van der Waals surface area contributed by atoms with Crippen LogP contribution < -0.4 is 0 Å². The van der Waals surface area contributed by atoms with Gasteiger partial charge in [-0.25, -0.2) is 26.8 Å². The number of rotatable bonds is 3. The Bertz CT molecular complexity index is 818. The molecule has 14 heteroatoms. The number of carbonyl (C=O) groups excluding carboxylic acids is 1. The summed E-state index contributed by atoms with van der Waals surface area (Å²) < 4.78 is 141. The van der Waals surface area contributed by atoms with Crippen LogP contribution >= 0.6 is 0 Å². The summed E-state index contributed by atoms with van der Waals surface area (Å²) in [6, 6.07) is 0. The Morgan fingerprint density at radius 1 is 0.852 bits per heavy atom. The number of benzene rings is 1. The average Bonchev–Trinajstić information content (AvgIpc) is 2.50. The van der Waals surface area contributed by atoms with E-state index >= 15 is 0 Å². The molecule has 0 fully saturated rings. The molecule has 0 radical (unpaired) electrons. The number of nitrogens with zero attached hydrogens (tertiary/aromatic N) is 1. The molecule has 1 aromatic carbocycles. The summed E-state index contributed by atoms with van der Waals surface area (Å²) in [5.41, 5.74) is -10.8. The molecule has 0 atom stereocenters. The molecule has 0 unspecified atom stereocenters. The zero-order chi connectivity index (χ0) is 21.5. The Kier molecular flexibility index (Phi) is 5.51. The molecular weight excluding hydrogens is 411 g/mol. The molecule has 0 aliphatic rings. The molecule has 1 aromatic rings. The zero-order valence-electron chi connectivity index (χ0n) is 12.0. The summed E-state index contributed by atoms with van der Waals surface area (Å²) in [4.78, 5) is 13.2. The Hall–Kier alpha value is -2.85. The summed E-state index contributed by atoms with van der Waals surface area (Å²) in [5, 5.41) is 9.21. The van der Waals surface area contributed by atoms with Crippen LogP contribution in [0.1, 0.15) is 5.56 Å². The average molecular weight is 413 g/mol. The van der Waals surface area contributed by atoms with Crippen molar-refractivity contribution in [3.05, 3.63) is 46.3 Å². The molecule has 1 rings (SSSR count). The Morgan fingerprint density at radius 2 is 1.22 bits per heavy atom. The molecule has 0 saturated carbocycles. The van der Waals surface area contributed by atoms with Crippen molar-refractivity contribution in [2.45, 2.75) is 18.0 Å². The Balaban J connectivity index is 3.68. The first-order valence-electron chi connectivity index (χ1n) is 6.03. The largest absolute Gasteiger partial charge is 0.507 e. The molecule has 0 amide bonds. The lowest BCUT2D eigenvalue weighted by atomic mass is 9.97. The molecule has 0 aliphatic carbocycles. The van der Waals surface area contributed by atoms with Crippen LogP contribution in [-0.4, -0.2) is 28.9 Å². The van der Waals surface area contributed by atoms with Gasteiger partial charge in [0.1, 0.15) is 5.76 Å². The van der Waals surface area contributed by atoms with Gasteiger partial charge in [0.2, 0.25) is 5.78 Å². The van der Waals surface area contributed by atoms with E-state index in [1.807, 2.05) is 0 Å². The van der Waals surface area contributed by atoms with E-state index in [1.54, 1.807) is 0 Å². The maximum Gasteiger partial charge on any atom is 0.439 e. The van der Waals surface area contributed by atoms with Crippen LogP contribution in [0.3, 0.4) is 0 Å². The molecular formula is C13H2F11NO2. The SMILES string of the molecule is [C-]#[N+]c1c(F)c(F)c(/C(O)=C/C(=O)C(F)(C(F)(F)F)C(F)(F)F)c(F)c1F. The molecule has 0 bridgehead atoms. The molecule has 0 spiro atoms. The van der Waals surface area contributed by atoms with E-state index in [-0.39, 0.29) is 0 Å². The van der Waals surface area contributed by atoms with Crippen molar-refractivity contribution in [1.29, 1.82) is 0 Å². The molecule has 0 heterocycles. The standard InChI is InChI=1S/C13H2F11NO2/c1-25-10-8(16)6(14)5(7(15)9(10)17)3(26)2-4(27)11(18,12(19,20)21)13(22,23)24/h2,26H/b3-2-. The number of carbonyl (C=O) groups is 1. The number of ketones is 1. The quantitative estimate of drug-likeness (QED) is 0.247. The van der Waals surface area contributed by atoms with E-state index in [0.29, 0.717) is 0 Å². The molecule has 0 saturated heterocycles. The van der Waals surface area contributed by atoms with E-state index in [0.717, 1.165) is 0 Å². The lowest BCUT2D eigenvalue weighted by Gasteiger charge is -2.27. The van der Waals surface area contributed by atoms with E-state index in [1.165, 1.54) is 0 Å². The van der Waals surface area contributed by atoms with Crippen LogP contribution in [0.2, 0.25) is 0 Å². The maximum absolute atomic E-state index is 13.6. The van der Waals surface area contributed by atoms with Gasteiger partial charge in [0.15, 0.2) is 23.3 Å². The second-order valence-corrected chi connectivity index (χ2v) is 4.64. The third kappa shape index (κ3) is 3.40. The van der Waals surface area contributed by atoms with Crippen molar-refractivity contribution in [3.8, 4) is 0 Å². The number of aliphatic hydroxyl groups excluding tert-OH is 1. The lowest BCUT2D eigenvalue weighted by Crippen LogP contribution is -2.58. The minimum absolute atomic E-state index is 1.24. The van der Waals surface area contributed by atoms with Crippen molar-refractivity contribution in [1.82, 2.24) is 0 Å². The van der Waals surface area contributed by atoms with Crippen LogP contribution in [0.15, 0.2) is 6.08 Å². The van der Waals surface area contributed by atoms with Gasteiger partial charge in [0, 0.05) is 6.08 Å². The normalized spacial score (nSPS) is 13.5. The van der Waals surface area contributed by atoms with Crippen molar-refractivity contribution in [3.63, 3.8) is 0 Å². The maximum atomic E-state index is 13.6. The highest BCUT2D eigenvalue weighted by atomic mass is 19.4. The number of allylic oxidation sites excluding steroid dienone is 1. The van der Waals surface area contributed by atoms with Gasteiger partial charge in [0.25, 0.3) is 5.69 Å². The van der Waals surface area contributed by atoms with Crippen LogP contribution in [-0.2, 0) is 4.79 Å². The van der Waals surface area contributed by atoms with Crippen LogP contribution in [0.25, 0.3) is 10.6 Å². The van der Waals surface area contributed by atoms with Gasteiger partial charge in [-0.15, -0.1) is 0 Å². The minimum atomic E-state index is -6.90. The molecule has 148 valence electrons. The highest BCUT2D eigenvalue weighted by Gasteiger charge is 2.76. The summed E-state index contributed by atoms with van der Waals surface area (Å²) >= 11 is 0. The fourth-order valence-electron chi connectivity index (χ4n) is 1.68. The monoisotopic (exact) mass is 413 g/mol. The van der Waals surface area contributed by atoms with E-state index in [4.69, 9.17) is 6.57 Å². The van der Waals surface area contributed by atoms with E-state index in [9.17, 15) is 58.2 Å². The van der Waals surface area contributed by atoms with Gasteiger partial charge in [0.05, 0.1) is 12.1 Å². The summed E-state index contributed by atoms with van der Waals surface area (Å²) in [5.74, 6) is -16.2. The molecule has 0 aliphatic heterocycles. The fraction of sp³-hybridized carbons (Fsp3) is 0.231. The molecule has 0 aromatic heterocycles.